The lowest BCUT2D eigenvalue weighted by atomic mass is 9.79. The highest BCUT2D eigenvalue weighted by Gasteiger charge is 2.44. The number of hydrogen-bond donors (Lipinski definition) is 0. The molecule has 1 aliphatic carbocycles. The summed E-state index contributed by atoms with van der Waals surface area (Å²) in [6.45, 7) is 9.07. The Morgan fingerprint density at radius 1 is 0.680 bits per heavy atom. The topological polar surface area (TPSA) is 40.4 Å². The number of nitrogens with zero attached hydrogens (tertiary/aromatic N) is 2. The number of benzene rings is 5. The van der Waals surface area contributed by atoms with Gasteiger partial charge in [-0.2, -0.15) is 4.58 Å². The van der Waals surface area contributed by atoms with E-state index >= 15 is 0 Å². The van der Waals surface area contributed by atoms with Gasteiger partial charge in [-0.05, 0) is 95.3 Å². The Labute approximate surface area is 296 Å². The number of anilines is 1. The van der Waals surface area contributed by atoms with Crippen LogP contribution in [0.3, 0.4) is 0 Å². The van der Waals surface area contributed by atoms with Crippen molar-refractivity contribution in [1.29, 1.82) is 0 Å². The number of rotatable bonds is 5. The van der Waals surface area contributed by atoms with Crippen LogP contribution in [0.15, 0.2) is 154 Å². The van der Waals surface area contributed by atoms with Crippen LogP contribution in [-0.2, 0) is 20.7 Å². The summed E-state index contributed by atoms with van der Waals surface area (Å²) in [5.41, 5.74) is 8.46. The molecule has 5 aromatic carbocycles. The Bertz CT molecular complexity index is 2510. The molecule has 5 heteroatoms. The van der Waals surface area contributed by atoms with E-state index in [2.05, 4.69) is 148 Å². The molecule has 50 heavy (non-hydrogen) atoms. The minimum absolute atomic E-state index is 0.264. The molecule has 0 fully saturated rings. The summed E-state index contributed by atoms with van der Waals surface area (Å²) >= 11 is 0. The van der Waals surface area contributed by atoms with E-state index in [1.54, 1.807) is 24.3 Å². The highest BCUT2D eigenvalue weighted by Crippen LogP contribution is 2.50. The number of likely N-dealkylation sites (N-methyl/N-ethyl adjacent to an activating group) is 1. The molecule has 0 saturated heterocycles. The van der Waals surface area contributed by atoms with Crippen molar-refractivity contribution in [2.24, 2.45) is 0 Å². The van der Waals surface area contributed by atoms with Crippen molar-refractivity contribution in [2.45, 2.75) is 56.3 Å². The molecule has 0 amide bonds. The van der Waals surface area contributed by atoms with Gasteiger partial charge in [0.2, 0.25) is 15.5 Å². The fourth-order valence-electron chi connectivity index (χ4n) is 8.83. The first-order valence-corrected chi connectivity index (χ1v) is 18.9. The fraction of sp³-hybridized carbons (Fsp3) is 0.222. The summed E-state index contributed by atoms with van der Waals surface area (Å²) in [5, 5.41) is 4.96. The summed E-state index contributed by atoms with van der Waals surface area (Å²) in [4.78, 5) is 3.02. The van der Waals surface area contributed by atoms with Gasteiger partial charge in [0.15, 0.2) is 5.71 Å². The Hall–Kier alpha value is -5.00. The van der Waals surface area contributed by atoms with Crippen LogP contribution in [0.25, 0.3) is 21.5 Å². The van der Waals surface area contributed by atoms with Crippen LogP contribution in [0.5, 0.6) is 0 Å². The molecule has 250 valence electrons. The average Bonchev–Trinajstić information content (AvgIpc) is 3.68. The van der Waals surface area contributed by atoms with Gasteiger partial charge in [0.05, 0.1) is 15.2 Å². The summed E-state index contributed by atoms with van der Waals surface area (Å²) in [7, 11) is 0.449. The lowest BCUT2D eigenvalue weighted by Gasteiger charge is -2.24. The number of allylic oxidation sites excluding steroid dienone is 7. The summed E-state index contributed by atoms with van der Waals surface area (Å²) in [6.07, 6.45) is 9.76. The van der Waals surface area contributed by atoms with E-state index in [1.807, 2.05) is 6.07 Å². The lowest BCUT2D eigenvalue weighted by molar-refractivity contribution is -0.401. The maximum Gasteiger partial charge on any atom is 0.210 e. The smallest absolute Gasteiger partial charge is 0.210 e. The van der Waals surface area contributed by atoms with Crippen LogP contribution in [0.2, 0.25) is 0 Å². The van der Waals surface area contributed by atoms with E-state index in [9.17, 15) is 8.42 Å². The Balaban J connectivity index is 1.24. The first-order valence-electron chi connectivity index (χ1n) is 17.4. The molecular formula is C45H43N2O2S+. The van der Waals surface area contributed by atoms with E-state index in [-0.39, 0.29) is 10.8 Å². The standard InChI is InChI=1S/C45H43N2O2S/c1-44(2)39(46(5)37-26-22-30-14-10-12-18-35(30)41(37)44)28-24-32-20-21-33(43(32)50(48,49)34-16-8-7-9-17-34)25-29-40-45(3,4)42-36-19-13-11-15-31(36)23-27-38(42)47(40)6/h7-19,22-29H,20-21H2,1-6H3/q+1. The monoisotopic (exact) mass is 675 g/mol. The van der Waals surface area contributed by atoms with E-state index < -0.39 is 9.84 Å². The molecule has 0 saturated carbocycles. The summed E-state index contributed by atoms with van der Waals surface area (Å²) in [6, 6.07) is 34.8. The van der Waals surface area contributed by atoms with Crippen molar-refractivity contribution in [3.05, 3.63) is 160 Å². The van der Waals surface area contributed by atoms with E-state index in [4.69, 9.17) is 0 Å². The predicted octanol–water partition coefficient (Wildman–Crippen LogP) is 10.3. The van der Waals surface area contributed by atoms with Gasteiger partial charge >= 0.3 is 0 Å². The second kappa shape index (κ2) is 11.5. The minimum atomic E-state index is -3.78. The maximum atomic E-state index is 14.5. The van der Waals surface area contributed by atoms with Crippen LogP contribution in [0.4, 0.5) is 11.4 Å². The number of fused-ring (bicyclic) bond motifs is 6. The minimum Gasteiger partial charge on any atom is -0.347 e. The molecule has 0 aromatic heterocycles. The lowest BCUT2D eigenvalue weighted by Crippen LogP contribution is -2.26. The third-order valence-electron chi connectivity index (χ3n) is 11.2. The Kier molecular flexibility index (Phi) is 7.43. The van der Waals surface area contributed by atoms with Gasteiger partial charge in [-0.1, -0.05) is 98.8 Å². The zero-order chi connectivity index (χ0) is 35.0. The fourth-order valence-corrected chi connectivity index (χ4v) is 10.6. The average molecular weight is 676 g/mol. The second-order valence-corrected chi connectivity index (χ2v) is 16.7. The Morgan fingerprint density at radius 2 is 1.30 bits per heavy atom. The van der Waals surface area contributed by atoms with Gasteiger partial charge in [-0.3, -0.25) is 0 Å². The molecule has 8 rings (SSSR count). The van der Waals surface area contributed by atoms with Crippen molar-refractivity contribution >= 4 is 48.5 Å². The molecule has 0 atom stereocenters. The number of sulfone groups is 1. The van der Waals surface area contributed by atoms with Crippen molar-refractivity contribution in [3.63, 3.8) is 0 Å². The molecule has 4 nitrogen and oxygen atoms in total. The zero-order valence-corrected chi connectivity index (χ0v) is 30.5. The SMILES string of the molecule is CN1/C(=C/C=C2\CCC(/C=C/C3=[N+](C)c4ccc5ccccc5c4C3(C)C)=C2S(=O)(=O)c2ccccc2)C(C)(C)c2c1ccc1ccccc21. The maximum absolute atomic E-state index is 14.5. The van der Waals surface area contributed by atoms with Crippen molar-refractivity contribution in [1.82, 2.24) is 0 Å². The molecule has 0 N–H and O–H groups in total. The quantitative estimate of drug-likeness (QED) is 0.174. The van der Waals surface area contributed by atoms with E-state index in [1.165, 1.54) is 44.0 Å². The largest absolute Gasteiger partial charge is 0.347 e. The van der Waals surface area contributed by atoms with Crippen LogP contribution in [0, 0.1) is 0 Å². The summed E-state index contributed by atoms with van der Waals surface area (Å²) in [5.74, 6) is 0. The molecule has 0 spiro atoms. The van der Waals surface area contributed by atoms with Gasteiger partial charge < -0.3 is 4.90 Å². The van der Waals surface area contributed by atoms with Gasteiger partial charge in [0.25, 0.3) is 0 Å². The van der Waals surface area contributed by atoms with Gasteiger partial charge in [-0.25, -0.2) is 8.42 Å². The zero-order valence-electron chi connectivity index (χ0n) is 29.7. The Morgan fingerprint density at radius 3 is 2.00 bits per heavy atom. The molecule has 0 bridgehead atoms. The summed E-state index contributed by atoms with van der Waals surface area (Å²) < 4.78 is 31.3. The predicted molar refractivity (Wildman–Crippen MR) is 208 cm³/mol. The highest BCUT2D eigenvalue weighted by molar-refractivity contribution is 7.95. The number of hydrogen-bond acceptors (Lipinski definition) is 3. The third kappa shape index (κ3) is 4.78. The van der Waals surface area contributed by atoms with E-state index in [0.29, 0.717) is 22.6 Å². The van der Waals surface area contributed by atoms with Gasteiger partial charge in [0.1, 0.15) is 7.05 Å². The van der Waals surface area contributed by atoms with Crippen LogP contribution >= 0.6 is 0 Å². The normalized spacial score (nSPS) is 19.9. The highest BCUT2D eigenvalue weighted by atomic mass is 32.2. The van der Waals surface area contributed by atoms with Crippen LogP contribution in [0.1, 0.15) is 51.7 Å². The van der Waals surface area contributed by atoms with Crippen molar-refractivity contribution in [3.8, 4) is 0 Å². The van der Waals surface area contributed by atoms with Crippen molar-refractivity contribution < 1.29 is 13.0 Å². The van der Waals surface area contributed by atoms with Crippen molar-refractivity contribution in [2.75, 3.05) is 19.0 Å². The molecule has 5 aromatic rings. The molecular weight excluding hydrogens is 633 g/mol. The molecule has 2 aliphatic heterocycles. The molecule has 3 aliphatic rings. The molecule has 0 unspecified atom stereocenters. The third-order valence-corrected chi connectivity index (χ3v) is 13.2. The first-order chi connectivity index (χ1) is 23.9. The van der Waals surface area contributed by atoms with Crippen LogP contribution < -0.4 is 4.90 Å². The molecule has 2 heterocycles. The second-order valence-electron chi connectivity index (χ2n) is 14.9. The first kappa shape index (κ1) is 32.2. The van der Waals surface area contributed by atoms with Gasteiger partial charge in [-0.15, -0.1) is 0 Å². The molecule has 0 radical (unpaired) electrons. The van der Waals surface area contributed by atoms with Crippen LogP contribution in [-0.4, -0.2) is 32.8 Å². The van der Waals surface area contributed by atoms with Gasteiger partial charge in [0, 0.05) is 41.6 Å². The van der Waals surface area contributed by atoms with E-state index in [0.717, 1.165) is 22.6 Å².